The van der Waals surface area contributed by atoms with E-state index < -0.39 is 17.8 Å². The molecule has 138 valence electrons. The molecule has 0 amide bonds. The Morgan fingerprint density at radius 3 is 2.85 bits per heavy atom. The summed E-state index contributed by atoms with van der Waals surface area (Å²) in [6.07, 6.45) is -1.67. The fourth-order valence-electron chi connectivity index (χ4n) is 3.12. The number of alkyl halides is 3. The van der Waals surface area contributed by atoms with E-state index in [4.69, 9.17) is 10.00 Å². The van der Waals surface area contributed by atoms with Gasteiger partial charge in [0, 0.05) is 23.7 Å². The second kappa shape index (κ2) is 6.55. The number of benzene rings is 1. The Morgan fingerprint density at radius 2 is 2.15 bits per heavy atom. The third-order valence-electron chi connectivity index (χ3n) is 4.41. The number of aromatic nitrogens is 3. The summed E-state index contributed by atoms with van der Waals surface area (Å²) >= 11 is 0. The smallest absolute Gasteiger partial charge is 0.438 e. The SMILES string of the molecule is N#Cc1cccc2c(-c3cnc(OC4CCNC4)c(C(F)(F)F)n3)c[nH]c12. The molecule has 1 saturated heterocycles. The fourth-order valence-corrected chi connectivity index (χ4v) is 3.12. The highest BCUT2D eigenvalue weighted by Crippen LogP contribution is 2.37. The molecule has 1 atom stereocenters. The maximum atomic E-state index is 13.5. The van der Waals surface area contributed by atoms with E-state index in [2.05, 4.69) is 20.3 Å². The van der Waals surface area contributed by atoms with Crippen molar-refractivity contribution in [2.45, 2.75) is 18.7 Å². The van der Waals surface area contributed by atoms with Crippen LogP contribution in [0.15, 0.2) is 30.6 Å². The zero-order chi connectivity index (χ0) is 19.0. The number of halogens is 3. The quantitative estimate of drug-likeness (QED) is 0.736. The number of rotatable bonds is 3. The number of aromatic amines is 1. The number of H-pyrrole nitrogens is 1. The summed E-state index contributed by atoms with van der Waals surface area (Å²) in [4.78, 5) is 10.6. The van der Waals surface area contributed by atoms with Crippen LogP contribution < -0.4 is 10.1 Å². The second-order valence-electron chi connectivity index (χ2n) is 6.18. The highest BCUT2D eigenvalue weighted by Gasteiger charge is 2.39. The molecule has 3 aromatic rings. The van der Waals surface area contributed by atoms with Crippen molar-refractivity contribution in [3.05, 3.63) is 41.9 Å². The van der Waals surface area contributed by atoms with Crippen molar-refractivity contribution in [2.24, 2.45) is 0 Å². The van der Waals surface area contributed by atoms with E-state index in [0.29, 0.717) is 41.5 Å². The normalized spacial score (nSPS) is 17.2. The van der Waals surface area contributed by atoms with Crippen LogP contribution in [0.25, 0.3) is 22.2 Å². The molecule has 1 aromatic carbocycles. The molecule has 2 aromatic heterocycles. The molecule has 9 heteroatoms. The minimum atomic E-state index is -4.70. The number of fused-ring (bicyclic) bond motifs is 1. The summed E-state index contributed by atoms with van der Waals surface area (Å²) in [5, 5.41) is 12.8. The van der Waals surface area contributed by atoms with Gasteiger partial charge in [-0.2, -0.15) is 18.4 Å². The first-order chi connectivity index (χ1) is 13.0. The van der Waals surface area contributed by atoms with E-state index in [-0.39, 0.29) is 11.8 Å². The van der Waals surface area contributed by atoms with Gasteiger partial charge in [0.15, 0.2) is 0 Å². The molecular weight excluding hydrogens is 359 g/mol. The summed E-state index contributed by atoms with van der Waals surface area (Å²) in [5.74, 6) is -0.516. The van der Waals surface area contributed by atoms with E-state index in [9.17, 15) is 13.2 Å². The molecule has 0 saturated carbocycles. The molecule has 0 bridgehead atoms. The summed E-state index contributed by atoms with van der Waals surface area (Å²) in [6, 6.07) is 7.06. The number of hydrogen-bond donors (Lipinski definition) is 2. The van der Waals surface area contributed by atoms with Gasteiger partial charge in [0.2, 0.25) is 11.6 Å². The summed E-state index contributed by atoms with van der Waals surface area (Å²) < 4.78 is 46.0. The molecule has 3 heterocycles. The van der Waals surface area contributed by atoms with Gasteiger partial charge < -0.3 is 15.0 Å². The van der Waals surface area contributed by atoms with Gasteiger partial charge in [0.1, 0.15) is 12.2 Å². The number of para-hydroxylation sites is 1. The van der Waals surface area contributed by atoms with E-state index in [1.165, 1.54) is 12.4 Å². The number of nitrogens with zero attached hydrogens (tertiary/aromatic N) is 3. The van der Waals surface area contributed by atoms with Crippen LogP contribution >= 0.6 is 0 Å². The molecule has 6 nitrogen and oxygen atoms in total. The molecule has 1 unspecified atom stereocenters. The van der Waals surface area contributed by atoms with Gasteiger partial charge in [0.05, 0.1) is 23.0 Å². The van der Waals surface area contributed by atoms with Gasteiger partial charge in [-0.05, 0) is 19.0 Å². The lowest BCUT2D eigenvalue weighted by Crippen LogP contribution is -2.23. The predicted molar refractivity (Wildman–Crippen MR) is 90.9 cm³/mol. The van der Waals surface area contributed by atoms with Crippen LogP contribution in [0.5, 0.6) is 5.88 Å². The second-order valence-corrected chi connectivity index (χ2v) is 6.18. The molecule has 0 radical (unpaired) electrons. The Bertz CT molecular complexity index is 1030. The van der Waals surface area contributed by atoms with E-state index in [0.717, 1.165) is 0 Å². The molecule has 2 N–H and O–H groups in total. The lowest BCUT2D eigenvalue weighted by molar-refractivity contribution is -0.143. The third kappa shape index (κ3) is 3.19. The maximum absolute atomic E-state index is 13.5. The van der Waals surface area contributed by atoms with Crippen LogP contribution in [-0.2, 0) is 6.18 Å². The fraction of sp³-hybridized carbons (Fsp3) is 0.278. The van der Waals surface area contributed by atoms with Crippen LogP contribution in [0.4, 0.5) is 13.2 Å². The third-order valence-corrected chi connectivity index (χ3v) is 4.41. The lowest BCUT2D eigenvalue weighted by Gasteiger charge is -2.16. The van der Waals surface area contributed by atoms with E-state index >= 15 is 0 Å². The largest absolute Gasteiger partial charge is 0.471 e. The number of nitriles is 1. The van der Waals surface area contributed by atoms with Crippen molar-refractivity contribution in [3.8, 4) is 23.2 Å². The first-order valence-corrected chi connectivity index (χ1v) is 8.29. The van der Waals surface area contributed by atoms with Gasteiger partial charge in [-0.25, -0.2) is 9.97 Å². The van der Waals surface area contributed by atoms with Gasteiger partial charge in [0.25, 0.3) is 0 Å². The molecular formula is C18H14F3N5O. The van der Waals surface area contributed by atoms with E-state index in [1.807, 2.05) is 6.07 Å². The summed E-state index contributed by atoms with van der Waals surface area (Å²) in [6.45, 7) is 1.16. The topological polar surface area (TPSA) is 86.6 Å². The van der Waals surface area contributed by atoms with Crippen LogP contribution in [-0.4, -0.2) is 34.1 Å². The zero-order valence-corrected chi connectivity index (χ0v) is 14.0. The summed E-state index contributed by atoms with van der Waals surface area (Å²) in [7, 11) is 0. The average Bonchev–Trinajstić information content (AvgIpc) is 3.30. The summed E-state index contributed by atoms with van der Waals surface area (Å²) in [5.41, 5.74) is 0.284. The Labute approximate surface area is 152 Å². The highest BCUT2D eigenvalue weighted by molar-refractivity contribution is 5.97. The van der Waals surface area contributed by atoms with Crippen LogP contribution in [0, 0.1) is 11.3 Å². The Hall–Kier alpha value is -3.12. The monoisotopic (exact) mass is 373 g/mol. The molecule has 0 spiro atoms. The van der Waals surface area contributed by atoms with Crippen LogP contribution in [0.1, 0.15) is 17.7 Å². The Kier molecular flexibility index (Phi) is 4.20. The van der Waals surface area contributed by atoms with Gasteiger partial charge in [-0.15, -0.1) is 0 Å². The maximum Gasteiger partial charge on any atom is 0.438 e. The van der Waals surface area contributed by atoms with Crippen molar-refractivity contribution in [1.82, 2.24) is 20.3 Å². The van der Waals surface area contributed by atoms with Crippen molar-refractivity contribution in [1.29, 1.82) is 5.26 Å². The predicted octanol–water partition coefficient (Wildman–Crippen LogP) is 3.26. The zero-order valence-electron chi connectivity index (χ0n) is 14.0. The van der Waals surface area contributed by atoms with Crippen LogP contribution in [0.2, 0.25) is 0 Å². The van der Waals surface area contributed by atoms with Gasteiger partial charge in [-0.1, -0.05) is 12.1 Å². The van der Waals surface area contributed by atoms with Crippen molar-refractivity contribution in [2.75, 3.05) is 13.1 Å². The van der Waals surface area contributed by atoms with Crippen molar-refractivity contribution >= 4 is 10.9 Å². The Balaban J connectivity index is 1.79. The minimum absolute atomic E-state index is 0.0561. The molecule has 0 aliphatic carbocycles. The molecule has 1 aliphatic rings. The average molecular weight is 373 g/mol. The molecule has 27 heavy (non-hydrogen) atoms. The number of hydrogen-bond acceptors (Lipinski definition) is 5. The molecule has 4 rings (SSSR count). The number of ether oxygens (including phenoxy) is 1. The van der Waals surface area contributed by atoms with Gasteiger partial charge >= 0.3 is 6.18 Å². The number of nitrogens with one attached hydrogen (secondary N) is 2. The van der Waals surface area contributed by atoms with Crippen molar-refractivity contribution < 1.29 is 17.9 Å². The molecule has 1 fully saturated rings. The lowest BCUT2D eigenvalue weighted by atomic mass is 10.1. The van der Waals surface area contributed by atoms with Crippen LogP contribution in [0.3, 0.4) is 0 Å². The minimum Gasteiger partial charge on any atom is -0.471 e. The first-order valence-electron chi connectivity index (χ1n) is 8.29. The Morgan fingerprint density at radius 1 is 1.30 bits per heavy atom. The first kappa shape index (κ1) is 17.3. The highest BCUT2D eigenvalue weighted by atomic mass is 19.4. The van der Waals surface area contributed by atoms with E-state index in [1.54, 1.807) is 18.2 Å². The van der Waals surface area contributed by atoms with Gasteiger partial charge in [-0.3, -0.25) is 0 Å². The molecule has 1 aliphatic heterocycles. The van der Waals surface area contributed by atoms with Crippen molar-refractivity contribution in [3.63, 3.8) is 0 Å². The standard InChI is InChI=1S/C18H14F3N5O/c19-18(20,21)16-17(27-11-4-5-23-7-11)25-9-14(26-16)13-8-24-15-10(6-22)2-1-3-12(13)15/h1-3,8-9,11,23-24H,4-5,7H2.